The van der Waals surface area contributed by atoms with Crippen molar-refractivity contribution in [2.75, 3.05) is 18.0 Å². The van der Waals surface area contributed by atoms with Gasteiger partial charge >= 0.3 is 12.1 Å². The van der Waals surface area contributed by atoms with Gasteiger partial charge in [0.15, 0.2) is 11.5 Å². The molecule has 1 aromatic heterocycles. The summed E-state index contributed by atoms with van der Waals surface area (Å²) < 4.78 is 37.3. The molecule has 1 aliphatic rings. The molecule has 102 valence electrons. The molecule has 0 fully saturated rings. The molecule has 1 aliphatic heterocycles. The fourth-order valence-corrected chi connectivity index (χ4v) is 1.74. The number of carbonyl (C=O) groups is 1. The molecule has 1 aromatic rings. The summed E-state index contributed by atoms with van der Waals surface area (Å²) in [5.41, 5.74) is -0.744. The van der Waals surface area contributed by atoms with E-state index in [0.29, 0.717) is 5.82 Å². The summed E-state index contributed by atoms with van der Waals surface area (Å²) in [6.07, 6.45) is -3.30. The summed E-state index contributed by atoms with van der Waals surface area (Å²) in [5, 5.41) is 15.8. The number of anilines is 1. The van der Waals surface area contributed by atoms with E-state index in [2.05, 4.69) is 10.2 Å². The zero-order valence-electron chi connectivity index (χ0n) is 9.68. The Morgan fingerprint density at radius 3 is 2.47 bits per heavy atom. The molecule has 0 spiro atoms. The van der Waals surface area contributed by atoms with Crippen LogP contribution in [0.5, 0.6) is 0 Å². The number of carboxylic acid groups (broad SMARTS) is 1. The van der Waals surface area contributed by atoms with Crippen LogP contribution in [0.2, 0.25) is 0 Å². The summed E-state index contributed by atoms with van der Waals surface area (Å²) in [7, 11) is 0. The van der Waals surface area contributed by atoms with E-state index in [9.17, 15) is 18.0 Å². The minimum absolute atomic E-state index is 0.0793. The maximum absolute atomic E-state index is 12.4. The van der Waals surface area contributed by atoms with Gasteiger partial charge in [0.25, 0.3) is 0 Å². The van der Waals surface area contributed by atoms with Crippen LogP contribution in [0.4, 0.5) is 19.0 Å². The van der Waals surface area contributed by atoms with Gasteiger partial charge in [-0.2, -0.15) is 13.2 Å². The fourth-order valence-electron chi connectivity index (χ4n) is 1.74. The highest BCUT2D eigenvalue weighted by atomic mass is 19.4. The van der Waals surface area contributed by atoms with Gasteiger partial charge in [-0.3, -0.25) is 0 Å². The maximum Gasteiger partial charge on any atom is 0.412 e. The van der Waals surface area contributed by atoms with Crippen LogP contribution in [0, 0.1) is 0 Å². The van der Waals surface area contributed by atoms with Gasteiger partial charge in [-0.05, 0) is 18.6 Å². The molecule has 5 nitrogen and oxygen atoms in total. The molecule has 0 bridgehead atoms. The monoisotopic (exact) mass is 273 g/mol. The van der Waals surface area contributed by atoms with Crippen molar-refractivity contribution >= 4 is 11.8 Å². The van der Waals surface area contributed by atoms with Crippen molar-refractivity contribution in [3.63, 3.8) is 0 Å². The van der Waals surface area contributed by atoms with Crippen molar-refractivity contribution in [3.05, 3.63) is 29.5 Å². The van der Waals surface area contributed by atoms with E-state index in [1.165, 1.54) is 12.1 Å². The van der Waals surface area contributed by atoms with Gasteiger partial charge in [0.2, 0.25) is 0 Å². The number of aromatic nitrogens is 2. The van der Waals surface area contributed by atoms with E-state index in [0.717, 1.165) is 6.08 Å². The average molecular weight is 273 g/mol. The topological polar surface area (TPSA) is 66.3 Å². The summed E-state index contributed by atoms with van der Waals surface area (Å²) in [5.74, 6) is -0.834. The molecule has 8 heteroatoms. The Labute approximate surface area is 106 Å². The molecule has 2 rings (SSSR count). The Morgan fingerprint density at radius 2 is 2.05 bits per heavy atom. The molecule has 0 aliphatic carbocycles. The SMILES string of the molecule is O=C(O)c1ccc(N2CC=C(C(F)(F)F)CC2)nn1. The van der Waals surface area contributed by atoms with E-state index < -0.39 is 17.7 Å². The van der Waals surface area contributed by atoms with Gasteiger partial charge in [0.05, 0.1) is 0 Å². The molecular weight excluding hydrogens is 263 g/mol. The smallest absolute Gasteiger partial charge is 0.412 e. The Bertz CT molecular complexity index is 511. The van der Waals surface area contributed by atoms with E-state index in [1.54, 1.807) is 4.90 Å². The number of rotatable bonds is 2. The van der Waals surface area contributed by atoms with E-state index in [4.69, 9.17) is 5.11 Å². The molecule has 0 saturated carbocycles. The highest BCUT2D eigenvalue weighted by Crippen LogP contribution is 2.30. The first-order chi connectivity index (χ1) is 8.88. The first-order valence-corrected chi connectivity index (χ1v) is 5.46. The summed E-state index contributed by atoms with van der Waals surface area (Å²) >= 11 is 0. The van der Waals surface area contributed by atoms with Gasteiger partial charge in [0, 0.05) is 18.7 Å². The number of halogens is 3. The zero-order valence-corrected chi connectivity index (χ0v) is 9.68. The van der Waals surface area contributed by atoms with Crippen LogP contribution >= 0.6 is 0 Å². The van der Waals surface area contributed by atoms with Crippen LogP contribution in [-0.2, 0) is 0 Å². The molecular formula is C11H10F3N3O2. The number of aromatic carboxylic acids is 1. The van der Waals surface area contributed by atoms with Crippen molar-refractivity contribution < 1.29 is 23.1 Å². The molecule has 19 heavy (non-hydrogen) atoms. The van der Waals surface area contributed by atoms with Gasteiger partial charge in [-0.1, -0.05) is 6.08 Å². The Hall–Kier alpha value is -2.12. The third-order valence-electron chi connectivity index (χ3n) is 2.77. The largest absolute Gasteiger partial charge is 0.476 e. The van der Waals surface area contributed by atoms with Crippen molar-refractivity contribution in [1.29, 1.82) is 0 Å². The standard InChI is InChI=1S/C11H10F3N3O2/c12-11(13,14)7-3-5-17(6-4-7)9-2-1-8(10(18)19)15-16-9/h1-3H,4-6H2,(H,18,19). The Balaban J connectivity index is 2.09. The summed E-state index contributed by atoms with van der Waals surface area (Å²) in [6.45, 7) is 0.252. The van der Waals surface area contributed by atoms with Crippen LogP contribution in [0.3, 0.4) is 0 Å². The second-order valence-electron chi connectivity index (χ2n) is 4.01. The van der Waals surface area contributed by atoms with Crippen molar-refractivity contribution in [2.24, 2.45) is 0 Å². The van der Waals surface area contributed by atoms with Crippen LogP contribution in [0.1, 0.15) is 16.9 Å². The molecule has 0 unspecified atom stereocenters. The Morgan fingerprint density at radius 1 is 1.32 bits per heavy atom. The van der Waals surface area contributed by atoms with Crippen molar-refractivity contribution in [2.45, 2.75) is 12.6 Å². The first kappa shape index (κ1) is 13.3. The molecule has 0 atom stereocenters. The summed E-state index contributed by atoms with van der Waals surface area (Å²) in [4.78, 5) is 12.2. The van der Waals surface area contributed by atoms with Gasteiger partial charge in [-0.15, -0.1) is 10.2 Å². The van der Waals surface area contributed by atoms with Crippen LogP contribution in [0.15, 0.2) is 23.8 Å². The van der Waals surface area contributed by atoms with Gasteiger partial charge in [0.1, 0.15) is 0 Å². The highest BCUT2D eigenvalue weighted by molar-refractivity contribution is 5.85. The minimum Gasteiger partial charge on any atom is -0.476 e. The molecule has 0 saturated heterocycles. The molecule has 0 amide bonds. The van der Waals surface area contributed by atoms with Crippen LogP contribution in [0.25, 0.3) is 0 Å². The maximum atomic E-state index is 12.4. The van der Waals surface area contributed by atoms with Crippen LogP contribution < -0.4 is 4.90 Å². The number of hydrogen-bond donors (Lipinski definition) is 1. The normalized spacial score (nSPS) is 16.2. The number of alkyl halides is 3. The number of carboxylic acids is 1. The molecule has 0 aromatic carbocycles. The van der Waals surface area contributed by atoms with E-state index in [-0.39, 0.29) is 25.2 Å². The van der Waals surface area contributed by atoms with Gasteiger partial charge in [-0.25, -0.2) is 4.79 Å². The lowest BCUT2D eigenvalue weighted by Gasteiger charge is -2.27. The highest BCUT2D eigenvalue weighted by Gasteiger charge is 2.34. The quantitative estimate of drug-likeness (QED) is 0.833. The van der Waals surface area contributed by atoms with Crippen molar-refractivity contribution in [1.82, 2.24) is 10.2 Å². The number of nitrogens with zero attached hydrogens (tertiary/aromatic N) is 3. The lowest BCUT2D eigenvalue weighted by atomic mass is 10.1. The predicted octanol–water partition coefficient (Wildman–Crippen LogP) is 1.87. The second kappa shape index (κ2) is 4.87. The number of hydrogen-bond acceptors (Lipinski definition) is 4. The molecule has 2 heterocycles. The third kappa shape index (κ3) is 3.01. The average Bonchev–Trinajstić information content (AvgIpc) is 2.38. The van der Waals surface area contributed by atoms with Crippen LogP contribution in [-0.4, -0.2) is 40.5 Å². The summed E-state index contributed by atoms with van der Waals surface area (Å²) in [6, 6.07) is 2.70. The van der Waals surface area contributed by atoms with E-state index >= 15 is 0 Å². The first-order valence-electron chi connectivity index (χ1n) is 5.46. The van der Waals surface area contributed by atoms with Gasteiger partial charge < -0.3 is 10.0 Å². The van der Waals surface area contributed by atoms with Crippen molar-refractivity contribution in [3.8, 4) is 0 Å². The lowest BCUT2D eigenvalue weighted by molar-refractivity contribution is -0.0944. The third-order valence-corrected chi connectivity index (χ3v) is 2.77. The second-order valence-corrected chi connectivity index (χ2v) is 4.01. The molecule has 0 radical (unpaired) electrons. The Kier molecular flexibility index (Phi) is 3.41. The lowest BCUT2D eigenvalue weighted by Crippen LogP contribution is -2.32. The molecule has 1 N–H and O–H groups in total. The minimum atomic E-state index is -4.29. The fraction of sp³-hybridized carbons (Fsp3) is 0.364. The zero-order chi connectivity index (χ0) is 14.0. The predicted molar refractivity (Wildman–Crippen MR) is 60.0 cm³/mol. The van der Waals surface area contributed by atoms with E-state index in [1.807, 2.05) is 0 Å².